The SMILES string of the molecule is NCCc1ccc(OCCCCl)cc1. The Balaban J connectivity index is 2.38. The first-order valence-electron chi connectivity index (χ1n) is 4.84. The summed E-state index contributed by atoms with van der Waals surface area (Å²) >= 11 is 5.54. The monoisotopic (exact) mass is 213 g/mol. The summed E-state index contributed by atoms with van der Waals surface area (Å²) in [6.45, 7) is 1.37. The van der Waals surface area contributed by atoms with Crippen LogP contribution < -0.4 is 10.5 Å². The summed E-state index contributed by atoms with van der Waals surface area (Å²) in [6.07, 6.45) is 1.80. The van der Waals surface area contributed by atoms with Crippen LogP contribution in [0.1, 0.15) is 12.0 Å². The largest absolute Gasteiger partial charge is 0.494 e. The summed E-state index contributed by atoms with van der Waals surface area (Å²) in [5, 5.41) is 0. The zero-order valence-corrected chi connectivity index (χ0v) is 8.96. The van der Waals surface area contributed by atoms with E-state index >= 15 is 0 Å². The molecule has 1 rings (SSSR count). The van der Waals surface area contributed by atoms with E-state index in [1.54, 1.807) is 0 Å². The Morgan fingerprint density at radius 3 is 2.50 bits per heavy atom. The molecule has 0 spiro atoms. The van der Waals surface area contributed by atoms with Crippen molar-refractivity contribution in [1.82, 2.24) is 0 Å². The lowest BCUT2D eigenvalue weighted by molar-refractivity contribution is 0.318. The summed E-state index contributed by atoms with van der Waals surface area (Å²) in [5.74, 6) is 1.54. The van der Waals surface area contributed by atoms with E-state index in [1.807, 2.05) is 24.3 Å². The molecular weight excluding hydrogens is 198 g/mol. The molecule has 78 valence electrons. The summed E-state index contributed by atoms with van der Waals surface area (Å²) in [5.41, 5.74) is 6.70. The first kappa shape index (κ1) is 11.3. The third kappa shape index (κ3) is 3.99. The third-order valence-corrected chi connectivity index (χ3v) is 2.17. The van der Waals surface area contributed by atoms with Gasteiger partial charge >= 0.3 is 0 Å². The minimum absolute atomic E-state index is 0.644. The van der Waals surface area contributed by atoms with Crippen molar-refractivity contribution in [2.45, 2.75) is 12.8 Å². The molecule has 2 N–H and O–H groups in total. The van der Waals surface area contributed by atoms with Crippen LogP contribution in [0.5, 0.6) is 5.75 Å². The van der Waals surface area contributed by atoms with Gasteiger partial charge in [0.1, 0.15) is 5.75 Å². The van der Waals surface area contributed by atoms with Gasteiger partial charge in [0.25, 0.3) is 0 Å². The average molecular weight is 214 g/mol. The van der Waals surface area contributed by atoms with E-state index in [0.29, 0.717) is 19.0 Å². The zero-order valence-electron chi connectivity index (χ0n) is 8.21. The van der Waals surface area contributed by atoms with E-state index in [9.17, 15) is 0 Å². The van der Waals surface area contributed by atoms with Gasteiger partial charge in [-0.05, 0) is 37.1 Å². The molecule has 1 aromatic rings. The molecule has 0 aliphatic rings. The van der Waals surface area contributed by atoms with Gasteiger partial charge in [0.05, 0.1) is 6.61 Å². The normalized spacial score (nSPS) is 10.1. The van der Waals surface area contributed by atoms with Crippen LogP contribution in [-0.2, 0) is 6.42 Å². The fraction of sp³-hybridized carbons (Fsp3) is 0.455. The van der Waals surface area contributed by atoms with Gasteiger partial charge < -0.3 is 10.5 Å². The second kappa shape index (κ2) is 6.68. The minimum atomic E-state index is 0.644. The van der Waals surface area contributed by atoms with Crippen LogP contribution in [0.3, 0.4) is 0 Å². The standard InChI is InChI=1S/C11H16ClNO/c12-7-1-9-14-11-4-2-10(3-5-11)6-8-13/h2-5H,1,6-9,13H2. The van der Waals surface area contributed by atoms with Crippen LogP contribution >= 0.6 is 11.6 Å². The van der Waals surface area contributed by atoms with Crippen LogP contribution in [0, 0.1) is 0 Å². The van der Waals surface area contributed by atoms with Crippen molar-refractivity contribution < 1.29 is 4.74 Å². The van der Waals surface area contributed by atoms with E-state index in [0.717, 1.165) is 18.6 Å². The summed E-state index contributed by atoms with van der Waals surface area (Å²) in [4.78, 5) is 0. The maximum absolute atomic E-state index is 5.54. The number of halogens is 1. The van der Waals surface area contributed by atoms with Crippen molar-refractivity contribution in [1.29, 1.82) is 0 Å². The molecule has 3 heteroatoms. The van der Waals surface area contributed by atoms with E-state index in [1.165, 1.54) is 5.56 Å². The second-order valence-corrected chi connectivity index (χ2v) is 3.45. The lowest BCUT2D eigenvalue weighted by atomic mass is 10.1. The zero-order chi connectivity index (χ0) is 10.2. The van der Waals surface area contributed by atoms with Crippen molar-refractivity contribution >= 4 is 11.6 Å². The van der Waals surface area contributed by atoms with Crippen molar-refractivity contribution in [3.63, 3.8) is 0 Å². The molecule has 0 unspecified atom stereocenters. The predicted octanol–water partition coefficient (Wildman–Crippen LogP) is 2.20. The van der Waals surface area contributed by atoms with Gasteiger partial charge in [-0.1, -0.05) is 12.1 Å². The number of nitrogens with two attached hydrogens (primary N) is 1. The Hall–Kier alpha value is -0.730. The number of benzene rings is 1. The topological polar surface area (TPSA) is 35.2 Å². The first-order valence-corrected chi connectivity index (χ1v) is 5.38. The molecule has 0 amide bonds. The highest BCUT2D eigenvalue weighted by Crippen LogP contribution is 2.12. The van der Waals surface area contributed by atoms with Crippen LogP contribution in [0.2, 0.25) is 0 Å². The molecule has 0 saturated carbocycles. The van der Waals surface area contributed by atoms with E-state index in [2.05, 4.69) is 0 Å². The Morgan fingerprint density at radius 1 is 1.21 bits per heavy atom. The quantitative estimate of drug-likeness (QED) is 0.581. The maximum atomic E-state index is 5.54. The van der Waals surface area contributed by atoms with Crippen LogP contribution in [-0.4, -0.2) is 19.0 Å². The highest BCUT2D eigenvalue weighted by atomic mass is 35.5. The molecule has 1 aromatic carbocycles. The number of alkyl halides is 1. The van der Waals surface area contributed by atoms with Gasteiger partial charge in [0.2, 0.25) is 0 Å². The van der Waals surface area contributed by atoms with Crippen LogP contribution in [0.25, 0.3) is 0 Å². The highest BCUT2D eigenvalue weighted by Gasteiger charge is 1.94. The maximum Gasteiger partial charge on any atom is 0.119 e. The second-order valence-electron chi connectivity index (χ2n) is 3.07. The van der Waals surface area contributed by atoms with Gasteiger partial charge in [0.15, 0.2) is 0 Å². The Kier molecular flexibility index (Phi) is 5.42. The molecule has 0 aromatic heterocycles. The smallest absolute Gasteiger partial charge is 0.119 e. The first-order chi connectivity index (χ1) is 6.86. The molecule has 0 fully saturated rings. The molecule has 0 aliphatic carbocycles. The molecule has 0 heterocycles. The number of ether oxygens (including phenoxy) is 1. The number of rotatable bonds is 6. The molecule has 0 saturated heterocycles. The molecule has 0 aliphatic heterocycles. The van der Waals surface area contributed by atoms with E-state index in [4.69, 9.17) is 22.1 Å². The van der Waals surface area contributed by atoms with Crippen molar-refractivity contribution in [2.24, 2.45) is 5.73 Å². The summed E-state index contributed by atoms with van der Waals surface area (Å²) in [7, 11) is 0. The van der Waals surface area contributed by atoms with Crippen molar-refractivity contribution in [3.8, 4) is 5.75 Å². The predicted molar refractivity (Wildman–Crippen MR) is 60.0 cm³/mol. The van der Waals surface area contributed by atoms with Gasteiger partial charge in [-0.25, -0.2) is 0 Å². The Labute approximate surface area is 90.0 Å². The molecule has 2 nitrogen and oxygen atoms in total. The van der Waals surface area contributed by atoms with E-state index < -0.39 is 0 Å². The van der Waals surface area contributed by atoms with Crippen molar-refractivity contribution in [3.05, 3.63) is 29.8 Å². The van der Waals surface area contributed by atoms with Gasteiger partial charge in [0, 0.05) is 5.88 Å². The third-order valence-electron chi connectivity index (χ3n) is 1.90. The van der Waals surface area contributed by atoms with Crippen LogP contribution in [0.4, 0.5) is 0 Å². The number of hydrogen-bond acceptors (Lipinski definition) is 2. The molecule has 0 bridgehead atoms. The summed E-state index contributed by atoms with van der Waals surface area (Å²) < 4.78 is 5.46. The number of hydrogen-bond donors (Lipinski definition) is 1. The lowest BCUT2D eigenvalue weighted by Gasteiger charge is -2.05. The van der Waals surface area contributed by atoms with Crippen molar-refractivity contribution in [2.75, 3.05) is 19.0 Å². The molecule has 0 atom stereocenters. The lowest BCUT2D eigenvalue weighted by Crippen LogP contribution is -2.02. The van der Waals surface area contributed by atoms with Gasteiger partial charge in [-0.3, -0.25) is 0 Å². The van der Waals surface area contributed by atoms with E-state index in [-0.39, 0.29) is 0 Å². The van der Waals surface area contributed by atoms with Gasteiger partial charge in [-0.15, -0.1) is 11.6 Å². The van der Waals surface area contributed by atoms with Gasteiger partial charge in [-0.2, -0.15) is 0 Å². The van der Waals surface area contributed by atoms with Crippen LogP contribution in [0.15, 0.2) is 24.3 Å². The highest BCUT2D eigenvalue weighted by molar-refractivity contribution is 6.17. The molecular formula is C11H16ClNO. The average Bonchev–Trinajstić information content (AvgIpc) is 2.21. The summed E-state index contributed by atoms with van der Waals surface area (Å²) in [6, 6.07) is 8.03. The minimum Gasteiger partial charge on any atom is -0.494 e. The Morgan fingerprint density at radius 2 is 1.93 bits per heavy atom. The fourth-order valence-electron chi connectivity index (χ4n) is 1.16. The Bertz CT molecular complexity index is 248. The molecule has 14 heavy (non-hydrogen) atoms. The fourth-order valence-corrected chi connectivity index (χ4v) is 1.27. The molecule has 0 radical (unpaired) electrons.